The van der Waals surface area contributed by atoms with Crippen LogP contribution in [0.25, 0.3) is 0 Å². The average molecular weight is 255 g/mol. The van der Waals surface area contributed by atoms with Crippen LogP contribution < -0.4 is 5.32 Å². The molecule has 7 heteroatoms. The van der Waals surface area contributed by atoms with Crippen LogP contribution in [0.4, 0.5) is 0 Å². The van der Waals surface area contributed by atoms with Crippen molar-refractivity contribution in [3.63, 3.8) is 0 Å². The second-order valence-electron chi connectivity index (χ2n) is 4.21. The number of hydrogen-bond donors (Lipinski definition) is 2. The lowest BCUT2D eigenvalue weighted by Crippen LogP contribution is -2.36. The summed E-state index contributed by atoms with van der Waals surface area (Å²) in [6.45, 7) is 5.27. The molecule has 2 N–H and O–H groups in total. The lowest BCUT2D eigenvalue weighted by molar-refractivity contribution is 0.0651. The molecule has 7 nitrogen and oxygen atoms in total. The van der Waals surface area contributed by atoms with Crippen LogP contribution in [0, 0.1) is 0 Å². The number of carbonyl (C=O) groups is 2. The third-order valence-electron chi connectivity index (χ3n) is 2.59. The van der Waals surface area contributed by atoms with Gasteiger partial charge in [-0.05, 0) is 20.9 Å². The monoisotopic (exact) mass is 255 g/mol. The van der Waals surface area contributed by atoms with Crippen LogP contribution in [-0.2, 0) is 0 Å². The summed E-state index contributed by atoms with van der Waals surface area (Å²) >= 11 is 0. The molecule has 1 aromatic heterocycles. The molecule has 0 aliphatic heterocycles. The summed E-state index contributed by atoms with van der Waals surface area (Å²) in [5, 5.41) is 14.6. The number of amides is 1. The van der Waals surface area contributed by atoms with Gasteiger partial charge in [-0.25, -0.2) is 4.79 Å². The van der Waals surface area contributed by atoms with E-state index in [1.54, 1.807) is 0 Å². The molecule has 0 aromatic carbocycles. The zero-order chi connectivity index (χ0) is 13.7. The molecular weight excluding hydrogens is 238 g/mol. The molecule has 0 spiro atoms. The topological polar surface area (TPSA) is 95.7 Å². The Morgan fingerprint density at radius 1 is 1.56 bits per heavy atom. The van der Waals surface area contributed by atoms with E-state index in [2.05, 4.69) is 33.7 Å². The molecule has 0 aliphatic rings. The SMILES string of the molecule is CC(C)N(C)CCNC(=O)c1cc(C(=O)O)on1. The Kier molecular flexibility index (Phi) is 4.85. The number of likely N-dealkylation sites (N-methyl/N-ethyl adjacent to an activating group) is 1. The van der Waals surface area contributed by atoms with Crippen molar-refractivity contribution in [1.29, 1.82) is 0 Å². The van der Waals surface area contributed by atoms with Gasteiger partial charge in [-0.15, -0.1) is 0 Å². The van der Waals surface area contributed by atoms with Gasteiger partial charge >= 0.3 is 5.97 Å². The summed E-state index contributed by atoms with van der Waals surface area (Å²) in [4.78, 5) is 24.2. The number of hydrogen-bond acceptors (Lipinski definition) is 5. The highest BCUT2D eigenvalue weighted by molar-refractivity contribution is 5.94. The molecule has 100 valence electrons. The molecule has 0 bridgehead atoms. The molecule has 0 unspecified atom stereocenters. The molecule has 0 fully saturated rings. The zero-order valence-electron chi connectivity index (χ0n) is 10.6. The van der Waals surface area contributed by atoms with Gasteiger partial charge in [0.15, 0.2) is 5.69 Å². The van der Waals surface area contributed by atoms with Crippen LogP contribution in [0.1, 0.15) is 34.9 Å². The van der Waals surface area contributed by atoms with Crippen LogP contribution in [0.3, 0.4) is 0 Å². The van der Waals surface area contributed by atoms with E-state index in [1.165, 1.54) is 0 Å². The van der Waals surface area contributed by atoms with Gasteiger partial charge in [0.2, 0.25) is 5.76 Å². The third kappa shape index (κ3) is 3.85. The first kappa shape index (κ1) is 14.2. The standard InChI is InChI=1S/C11H17N3O4/c1-7(2)14(3)5-4-12-10(15)8-6-9(11(16)17)18-13-8/h6-7H,4-5H2,1-3H3,(H,12,15)(H,16,17). The number of aromatic carboxylic acids is 1. The number of carbonyl (C=O) groups excluding carboxylic acids is 1. The maximum atomic E-state index is 11.6. The maximum absolute atomic E-state index is 11.6. The molecule has 0 saturated carbocycles. The Labute approximate surface area is 105 Å². The highest BCUT2D eigenvalue weighted by atomic mass is 16.5. The van der Waals surface area contributed by atoms with Crippen molar-refractivity contribution in [2.45, 2.75) is 19.9 Å². The second kappa shape index (κ2) is 6.15. The number of nitrogens with one attached hydrogen (secondary N) is 1. The minimum absolute atomic E-state index is 0.0281. The van der Waals surface area contributed by atoms with Crippen molar-refractivity contribution >= 4 is 11.9 Å². The van der Waals surface area contributed by atoms with Crippen LogP contribution in [-0.4, -0.2) is 53.2 Å². The van der Waals surface area contributed by atoms with Crippen LogP contribution in [0.15, 0.2) is 10.6 Å². The summed E-state index contributed by atoms with van der Waals surface area (Å²) in [6.07, 6.45) is 0. The van der Waals surface area contributed by atoms with E-state index in [1.807, 2.05) is 7.05 Å². The van der Waals surface area contributed by atoms with E-state index in [4.69, 9.17) is 5.11 Å². The first-order chi connectivity index (χ1) is 8.41. The Morgan fingerprint density at radius 3 is 2.72 bits per heavy atom. The molecule has 1 heterocycles. The van der Waals surface area contributed by atoms with Gasteiger partial charge in [-0.2, -0.15) is 0 Å². The predicted molar refractivity (Wildman–Crippen MR) is 63.6 cm³/mol. The van der Waals surface area contributed by atoms with Crippen molar-refractivity contribution in [2.75, 3.05) is 20.1 Å². The van der Waals surface area contributed by atoms with Crippen LogP contribution in [0.5, 0.6) is 0 Å². The quantitative estimate of drug-likeness (QED) is 0.766. The molecule has 1 aromatic rings. The Bertz CT molecular complexity index is 428. The van der Waals surface area contributed by atoms with E-state index in [0.29, 0.717) is 19.1 Å². The van der Waals surface area contributed by atoms with Crippen molar-refractivity contribution in [1.82, 2.24) is 15.4 Å². The first-order valence-corrected chi connectivity index (χ1v) is 5.60. The number of rotatable bonds is 6. The molecule has 0 saturated heterocycles. The van der Waals surface area contributed by atoms with Gasteiger partial charge in [-0.1, -0.05) is 5.16 Å². The van der Waals surface area contributed by atoms with Gasteiger partial charge in [-0.3, -0.25) is 4.79 Å². The highest BCUT2D eigenvalue weighted by Gasteiger charge is 2.16. The molecule has 1 amide bonds. The smallest absolute Gasteiger partial charge is 0.374 e. The fourth-order valence-corrected chi connectivity index (χ4v) is 1.18. The van der Waals surface area contributed by atoms with E-state index < -0.39 is 11.9 Å². The number of carboxylic acid groups (broad SMARTS) is 1. The fraction of sp³-hybridized carbons (Fsp3) is 0.545. The molecule has 0 atom stereocenters. The largest absolute Gasteiger partial charge is 0.475 e. The summed E-state index contributed by atoms with van der Waals surface area (Å²) in [7, 11) is 1.95. The Balaban J connectivity index is 2.43. The number of carboxylic acids is 1. The molecule has 1 rings (SSSR count). The van der Waals surface area contributed by atoms with E-state index in [0.717, 1.165) is 6.07 Å². The van der Waals surface area contributed by atoms with Gasteiger partial charge in [0, 0.05) is 25.2 Å². The molecule has 18 heavy (non-hydrogen) atoms. The molecular formula is C11H17N3O4. The van der Waals surface area contributed by atoms with Gasteiger partial charge in [0.1, 0.15) is 0 Å². The third-order valence-corrected chi connectivity index (χ3v) is 2.59. The normalized spacial score (nSPS) is 10.9. The first-order valence-electron chi connectivity index (χ1n) is 5.60. The lowest BCUT2D eigenvalue weighted by Gasteiger charge is -2.20. The van der Waals surface area contributed by atoms with Gasteiger partial charge in [0.05, 0.1) is 0 Å². The van der Waals surface area contributed by atoms with Crippen molar-refractivity contribution < 1.29 is 19.2 Å². The van der Waals surface area contributed by atoms with Crippen molar-refractivity contribution in [2.24, 2.45) is 0 Å². The molecule has 0 radical (unpaired) electrons. The maximum Gasteiger partial charge on any atom is 0.374 e. The Morgan fingerprint density at radius 2 is 2.22 bits per heavy atom. The minimum Gasteiger partial charge on any atom is -0.475 e. The van der Waals surface area contributed by atoms with Crippen molar-refractivity contribution in [3.05, 3.63) is 17.5 Å². The summed E-state index contributed by atoms with van der Waals surface area (Å²) < 4.78 is 4.49. The highest BCUT2D eigenvalue weighted by Crippen LogP contribution is 2.03. The summed E-state index contributed by atoms with van der Waals surface area (Å²) in [5.41, 5.74) is -0.0281. The van der Waals surface area contributed by atoms with Gasteiger partial charge < -0.3 is 19.8 Å². The van der Waals surface area contributed by atoms with E-state index in [-0.39, 0.29) is 11.5 Å². The van der Waals surface area contributed by atoms with Crippen molar-refractivity contribution in [3.8, 4) is 0 Å². The Hall–Kier alpha value is -1.89. The second-order valence-corrected chi connectivity index (χ2v) is 4.21. The van der Waals surface area contributed by atoms with E-state index >= 15 is 0 Å². The minimum atomic E-state index is -1.25. The summed E-state index contributed by atoms with van der Waals surface area (Å²) in [6, 6.07) is 1.50. The fourth-order valence-electron chi connectivity index (χ4n) is 1.18. The van der Waals surface area contributed by atoms with Crippen LogP contribution in [0.2, 0.25) is 0 Å². The molecule has 0 aliphatic carbocycles. The predicted octanol–water partition coefficient (Wildman–Crippen LogP) is 0.443. The number of nitrogens with zero attached hydrogens (tertiary/aromatic N) is 2. The lowest BCUT2D eigenvalue weighted by atomic mass is 10.3. The van der Waals surface area contributed by atoms with Crippen LogP contribution >= 0.6 is 0 Å². The van der Waals surface area contributed by atoms with E-state index in [9.17, 15) is 9.59 Å². The van der Waals surface area contributed by atoms with Gasteiger partial charge in [0.25, 0.3) is 5.91 Å². The number of aromatic nitrogens is 1. The zero-order valence-corrected chi connectivity index (χ0v) is 10.6. The average Bonchev–Trinajstić information content (AvgIpc) is 2.77. The summed E-state index contributed by atoms with van der Waals surface area (Å²) in [5.74, 6) is -2.04.